The molecular weight excluding hydrogens is 202 g/mol. The second-order valence-electron chi connectivity index (χ2n) is 3.82. The van der Waals surface area contributed by atoms with E-state index in [0.29, 0.717) is 5.75 Å². The third-order valence-corrected chi connectivity index (χ3v) is 2.64. The van der Waals surface area contributed by atoms with Crippen molar-refractivity contribution in [2.75, 3.05) is 20.3 Å². The van der Waals surface area contributed by atoms with Gasteiger partial charge in [0, 0.05) is 25.3 Å². The van der Waals surface area contributed by atoms with Gasteiger partial charge in [0.1, 0.15) is 5.75 Å². The van der Waals surface area contributed by atoms with Gasteiger partial charge in [-0.05, 0) is 25.5 Å². The predicted molar refractivity (Wildman–Crippen MR) is 65.6 cm³/mol. The number of phenolic OH excluding ortho intramolecular Hbond substituents is 1. The summed E-state index contributed by atoms with van der Waals surface area (Å²) in [6.07, 6.45) is 1.95. The Hall–Kier alpha value is -1.06. The number of hydrogen-bond donors (Lipinski definition) is 2. The fourth-order valence-corrected chi connectivity index (χ4v) is 1.75. The molecule has 0 fully saturated rings. The fraction of sp³-hybridized carbons (Fsp3) is 0.538. The van der Waals surface area contributed by atoms with Gasteiger partial charge in [-0.2, -0.15) is 0 Å². The maximum atomic E-state index is 9.75. The van der Waals surface area contributed by atoms with Gasteiger partial charge in [0.2, 0.25) is 0 Å². The molecule has 1 aromatic rings. The molecule has 0 aliphatic carbocycles. The van der Waals surface area contributed by atoms with Crippen molar-refractivity contribution in [1.82, 2.24) is 5.32 Å². The van der Waals surface area contributed by atoms with Gasteiger partial charge < -0.3 is 15.2 Å². The summed E-state index contributed by atoms with van der Waals surface area (Å²) in [5, 5.41) is 13.2. The molecule has 0 aromatic heterocycles. The van der Waals surface area contributed by atoms with Gasteiger partial charge in [0.15, 0.2) is 0 Å². The highest BCUT2D eigenvalue weighted by Gasteiger charge is 2.11. The van der Waals surface area contributed by atoms with Crippen LogP contribution in [0.2, 0.25) is 0 Å². The van der Waals surface area contributed by atoms with Crippen molar-refractivity contribution in [2.45, 2.75) is 25.8 Å². The van der Waals surface area contributed by atoms with E-state index in [4.69, 9.17) is 4.74 Å². The fourth-order valence-electron chi connectivity index (χ4n) is 1.75. The Morgan fingerprint density at radius 1 is 1.38 bits per heavy atom. The maximum Gasteiger partial charge on any atom is 0.120 e. The molecule has 1 unspecified atom stereocenters. The Balaban J connectivity index is 2.51. The monoisotopic (exact) mass is 223 g/mol. The number of benzene rings is 1. The van der Waals surface area contributed by atoms with Gasteiger partial charge in [-0.15, -0.1) is 0 Å². The van der Waals surface area contributed by atoms with E-state index in [1.165, 1.54) is 0 Å². The molecule has 3 heteroatoms. The third kappa shape index (κ3) is 3.83. The van der Waals surface area contributed by atoms with E-state index in [1.807, 2.05) is 18.2 Å². The Morgan fingerprint density at radius 2 is 2.12 bits per heavy atom. The smallest absolute Gasteiger partial charge is 0.120 e. The summed E-state index contributed by atoms with van der Waals surface area (Å²) in [4.78, 5) is 0. The van der Waals surface area contributed by atoms with Crippen LogP contribution in [0.25, 0.3) is 0 Å². The van der Waals surface area contributed by atoms with Crippen LogP contribution in [0.3, 0.4) is 0 Å². The van der Waals surface area contributed by atoms with E-state index in [9.17, 15) is 5.11 Å². The Labute approximate surface area is 97.4 Å². The highest BCUT2D eigenvalue weighted by Crippen LogP contribution is 2.25. The van der Waals surface area contributed by atoms with Crippen molar-refractivity contribution < 1.29 is 9.84 Å². The molecule has 1 atom stereocenters. The topological polar surface area (TPSA) is 41.5 Å². The lowest BCUT2D eigenvalue weighted by atomic mass is 10.0. The predicted octanol–water partition coefficient (Wildman–Crippen LogP) is 2.47. The van der Waals surface area contributed by atoms with Gasteiger partial charge >= 0.3 is 0 Å². The van der Waals surface area contributed by atoms with E-state index in [0.717, 1.165) is 31.6 Å². The van der Waals surface area contributed by atoms with Crippen molar-refractivity contribution in [2.24, 2.45) is 0 Å². The molecule has 0 bridgehead atoms. The van der Waals surface area contributed by atoms with Gasteiger partial charge in [-0.25, -0.2) is 0 Å². The average Bonchev–Trinajstić information content (AvgIpc) is 2.31. The molecule has 1 rings (SSSR count). The Bertz CT molecular complexity index is 302. The second-order valence-corrected chi connectivity index (χ2v) is 3.82. The number of nitrogens with one attached hydrogen (secondary N) is 1. The molecule has 3 nitrogen and oxygen atoms in total. The van der Waals surface area contributed by atoms with Crippen molar-refractivity contribution in [3.8, 4) is 5.75 Å². The minimum atomic E-state index is 0.220. The zero-order valence-electron chi connectivity index (χ0n) is 10.1. The van der Waals surface area contributed by atoms with Crippen LogP contribution < -0.4 is 5.32 Å². The number of aromatic hydroxyl groups is 1. The van der Waals surface area contributed by atoms with E-state index < -0.39 is 0 Å². The average molecular weight is 223 g/mol. The first-order valence-electron chi connectivity index (χ1n) is 5.79. The second kappa shape index (κ2) is 7.25. The number of rotatable bonds is 7. The van der Waals surface area contributed by atoms with E-state index in [1.54, 1.807) is 13.2 Å². The highest BCUT2D eigenvalue weighted by molar-refractivity contribution is 5.34. The molecule has 0 spiro atoms. The minimum Gasteiger partial charge on any atom is -0.508 e. The van der Waals surface area contributed by atoms with Gasteiger partial charge in [0.25, 0.3) is 0 Å². The van der Waals surface area contributed by atoms with Gasteiger partial charge in [-0.1, -0.05) is 25.1 Å². The first-order chi connectivity index (χ1) is 7.79. The van der Waals surface area contributed by atoms with Gasteiger partial charge in [0.05, 0.1) is 0 Å². The summed E-state index contributed by atoms with van der Waals surface area (Å²) in [5.74, 6) is 0.369. The van der Waals surface area contributed by atoms with Crippen molar-refractivity contribution in [3.05, 3.63) is 29.8 Å². The zero-order chi connectivity index (χ0) is 11.8. The zero-order valence-corrected chi connectivity index (χ0v) is 10.1. The summed E-state index contributed by atoms with van der Waals surface area (Å²) in [6.45, 7) is 3.78. The van der Waals surface area contributed by atoms with Crippen molar-refractivity contribution >= 4 is 0 Å². The number of methoxy groups -OCH3 is 1. The standard InChI is InChI=1S/C13H21NO2/c1-3-12(14-9-6-10-16-2)11-7-4-5-8-13(11)15/h4-5,7-8,12,14-15H,3,6,9-10H2,1-2H3. The van der Waals surface area contributed by atoms with Crippen LogP contribution in [0, 0.1) is 0 Å². The molecule has 16 heavy (non-hydrogen) atoms. The normalized spacial score (nSPS) is 12.6. The molecule has 0 aliphatic heterocycles. The van der Waals surface area contributed by atoms with E-state index >= 15 is 0 Å². The summed E-state index contributed by atoms with van der Waals surface area (Å²) in [6, 6.07) is 7.71. The molecule has 2 N–H and O–H groups in total. The van der Waals surface area contributed by atoms with Crippen LogP contribution in [0.15, 0.2) is 24.3 Å². The first kappa shape index (κ1) is 13.0. The SMILES string of the molecule is CCC(NCCCOC)c1ccccc1O. The summed E-state index contributed by atoms with van der Waals surface area (Å²) in [7, 11) is 1.71. The maximum absolute atomic E-state index is 9.75. The molecule has 0 amide bonds. The number of phenols is 1. The minimum absolute atomic E-state index is 0.220. The van der Waals surface area contributed by atoms with Gasteiger partial charge in [-0.3, -0.25) is 0 Å². The van der Waals surface area contributed by atoms with E-state index in [2.05, 4.69) is 12.2 Å². The first-order valence-corrected chi connectivity index (χ1v) is 5.79. The van der Waals surface area contributed by atoms with Crippen LogP contribution in [0.4, 0.5) is 0 Å². The lowest BCUT2D eigenvalue weighted by molar-refractivity contribution is 0.193. The molecule has 0 saturated carbocycles. The quantitative estimate of drug-likeness (QED) is 0.698. The summed E-state index contributed by atoms with van der Waals surface area (Å²) in [5.41, 5.74) is 0.974. The number of para-hydroxylation sites is 1. The number of hydrogen-bond acceptors (Lipinski definition) is 3. The Kier molecular flexibility index (Phi) is 5.90. The molecule has 0 heterocycles. The molecule has 0 saturated heterocycles. The summed E-state index contributed by atoms with van der Waals surface area (Å²) < 4.78 is 5.00. The third-order valence-electron chi connectivity index (χ3n) is 2.64. The van der Waals surface area contributed by atoms with Crippen LogP contribution in [-0.2, 0) is 4.74 Å². The lowest BCUT2D eigenvalue weighted by Gasteiger charge is -2.18. The molecule has 0 radical (unpaired) electrons. The largest absolute Gasteiger partial charge is 0.508 e. The lowest BCUT2D eigenvalue weighted by Crippen LogP contribution is -2.22. The highest BCUT2D eigenvalue weighted by atomic mass is 16.5. The molecule has 90 valence electrons. The number of ether oxygens (including phenoxy) is 1. The summed E-state index contributed by atoms with van der Waals surface area (Å²) >= 11 is 0. The van der Waals surface area contributed by atoms with Crippen LogP contribution in [0.1, 0.15) is 31.4 Å². The van der Waals surface area contributed by atoms with Crippen LogP contribution in [0.5, 0.6) is 5.75 Å². The Morgan fingerprint density at radius 3 is 2.75 bits per heavy atom. The van der Waals surface area contributed by atoms with Crippen molar-refractivity contribution in [3.63, 3.8) is 0 Å². The van der Waals surface area contributed by atoms with Crippen molar-refractivity contribution in [1.29, 1.82) is 0 Å². The van der Waals surface area contributed by atoms with E-state index in [-0.39, 0.29) is 6.04 Å². The molecule has 1 aromatic carbocycles. The molecular formula is C13H21NO2. The van der Waals surface area contributed by atoms with Crippen LogP contribution >= 0.6 is 0 Å². The molecule has 0 aliphatic rings. The van der Waals surface area contributed by atoms with Crippen LogP contribution in [-0.4, -0.2) is 25.4 Å².